The van der Waals surface area contributed by atoms with Crippen LogP contribution in [0.3, 0.4) is 0 Å². The molecule has 0 atom stereocenters. The van der Waals surface area contributed by atoms with Gasteiger partial charge in [-0.05, 0) is 40.5 Å². The summed E-state index contributed by atoms with van der Waals surface area (Å²) in [5, 5.41) is 8.77. The fraction of sp³-hybridized carbons (Fsp3) is 0.909. The van der Waals surface area contributed by atoms with Crippen LogP contribution in [-0.4, -0.2) is 18.8 Å². The summed E-state index contributed by atoms with van der Waals surface area (Å²) in [5.74, 6) is 0. The zero-order valence-electron chi connectivity index (χ0n) is 9.76. The van der Waals surface area contributed by atoms with Gasteiger partial charge in [-0.15, -0.1) is 0 Å². The van der Waals surface area contributed by atoms with Crippen molar-refractivity contribution in [1.29, 1.82) is 5.26 Å². The van der Waals surface area contributed by atoms with Crippen molar-refractivity contribution in [3.8, 4) is 6.07 Å². The topological polar surface area (TPSA) is 59.0 Å². The summed E-state index contributed by atoms with van der Waals surface area (Å²) < 4.78 is 5.40. The standard InChI is InChI=1S/C11H22N2O/c1-10(2,8-12)6-5-7-14-9-11(3,4)13/h5-7,9,13H2,1-4H3. The van der Waals surface area contributed by atoms with E-state index in [0.29, 0.717) is 13.2 Å². The average molecular weight is 198 g/mol. The Labute approximate surface area is 87.2 Å². The minimum atomic E-state index is -0.259. The molecule has 0 unspecified atom stereocenters. The molecule has 0 bridgehead atoms. The van der Waals surface area contributed by atoms with Crippen molar-refractivity contribution in [1.82, 2.24) is 0 Å². The van der Waals surface area contributed by atoms with Crippen molar-refractivity contribution in [2.45, 2.75) is 46.1 Å². The van der Waals surface area contributed by atoms with Crippen LogP contribution >= 0.6 is 0 Å². The molecule has 14 heavy (non-hydrogen) atoms. The van der Waals surface area contributed by atoms with E-state index in [-0.39, 0.29) is 11.0 Å². The maximum atomic E-state index is 8.77. The molecule has 3 heteroatoms. The molecule has 0 radical (unpaired) electrons. The van der Waals surface area contributed by atoms with Crippen LogP contribution in [0.5, 0.6) is 0 Å². The molecule has 0 saturated heterocycles. The highest BCUT2D eigenvalue weighted by molar-refractivity contribution is 4.91. The van der Waals surface area contributed by atoms with Crippen LogP contribution in [0, 0.1) is 16.7 Å². The van der Waals surface area contributed by atoms with E-state index in [1.165, 1.54) is 0 Å². The number of nitriles is 1. The van der Waals surface area contributed by atoms with E-state index in [9.17, 15) is 0 Å². The number of nitrogens with two attached hydrogens (primary N) is 1. The lowest BCUT2D eigenvalue weighted by Crippen LogP contribution is -2.37. The monoisotopic (exact) mass is 198 g/mol. The second-order valence-corrected chi connectivity index (χ2v) is 5.14. The Morgan fingerprint density at radius 1 is 1.29 bits per heavy atom. The Morgan fingerprint density at radius 3 is 2.29 bits per heavy atom. The Hall–Kier alpha value is -0.590. The maximum absolute atomic E-state index is 8.77. The molecule has 0 aromatic rings. The first kappa shape index (κ1) is 13.4. The molecule has 0 aliphatic rings. The van der Waals surface area contributed by atoms with Gasteiger partial charge >= 0.3 is 0 Å². The Morgan fingerprint density at radius 2 is 1.86 bits per heavy atom. The van der Waals surface area contributed by atoms with Crippen LogP contribution in [0.2, 0.25) is 0 Å². The Bertz CT molecular complexity index is 198. The first-order valence-corrected chi connectivity index (χ1v) is 5.05. The van der Waals surface area contributed by atoms with Crippen molar-refractivity contribution in [3.05, 3.63) is 0 Å². The number of ether oxygens (including phenoxy) is 1. The van der Waals surface area contributed by atoms with Crippen molar-refractivity contribution < 1.29 is 4.74 Å². The highest BCUT2D eigenvalue weighted by atomic mass is 16.5. The number of hydrogen-bond donors (Lipinski definition) is 1. The second-order valence-electron chi connectivity index (χ2n) is 5.14. The van der Waals surface area contributed by atoms with Crippen LogP contribution in [0.4, 0.5) is 0 Å². The third-order valence-corrected chi connectivity index (χ3v) is 1.87. The summed E-state index contributed by atoms with van der Waals surface area (Å²) in [4.78, 5) is 0. The predicted molar refractivity (Wildman–Crippen MR) is 57.7 cm³/mol. The van der Waals surface area contributed by atoms with Crippen LogP contribution < -0.4 is 5.73 Å². The van der Waals surface area contributed by atoms with Gasteiger partial charge in [-0.25, -0.2) is 0 Å². The first-order valence-electron chi connectivity index (χ1n) is 5.05. The van der Waals surface area contributed by atoms with Gasteiger partial charge in [0.15, 0.2) is 0 Å². The number of nitrogens with zero attached hydrogens (tertiary/aromatic N) is 1. The largest absolute Gasteiger partial charge is 0.380 e. The number of hydrogen-bond acceptors (Lipinski definition) is 3. The summed E-state index contributed by atoms with van der Waals surface area (Å²) in [7, 11) is 0. The molecule has 82 valence electrons. The SMILES string of the molecule is CC(C)(N)COCCCC(C)(C)C#N. The molecular weight excluding hydrogens is 176 g/mol. The van der Waals surface area contributed by atoms with Gasteiger partial charge in [0.1, 0.15) is 0 Å². The first-order chi connectivity index (χ1) is 6.27. The summed E-state index contributed by atoms with van der Waals surface area (Å²) in [5.41, 5.74) is 5.26. The fourth-order valence-corrected chi connectivity index (χ4v) is 1.01. The quantitative estimate of drug-likeness (QED) is 0.665. The van der Waals surface area contributed by atoms with Crippen LogP contribution in [0.1, 0.15) is 40.5 Å². The predicted octanol–water partition coefficient (Wildman–Crippen LogP) is 2.07. The van der Waals surface area contributed by atoms with Crippen molar-refractivity contribution in [2.75, 3.05) is 13.2 Å². The minimum Gasteiger partial charge on any atom is -0.380 e. The third kappa shape index (κ3) is 8.03. The molecule has 3 nitrogen and oxygen atoms in total. The molecular formula is C11H22N2O. The fourth-order valence-electron chi connectivity index (χ4n) is 1.01. The van der Waals surface area contributed by atoms with E-state index < -0.39 is 0 Å². The van der Waals surface area contributed by atoms with Gasteiger partial charge in [-0.1, -0.05) is 0 Å². The lowest BCUT2D eigenvalue weighted by Gasteiger charge is -2.19. The summed E-state index contributed by atoms with van der Waals surface area (Å²) in [6.07, 6.45) is 1.78. The molecule has 0 rings (SSSR count). The van der Waals surface area contributed by atoms with E-state index >= 15 is 0 Å². The number of rotatable bonds is 6. The van der Waals surface area contributed by atoms with E-state index in [0.717, 1.165) is 12.8 Å². The van der Waals surface area contributed by atoms with Crippen molar-refractivity contribution in [2.24, 2.45) is 11.1 Å². The third-order valence-electron chi connectivity index (χ3n) is 1.87. The highest BCUT2D eigenvalue weighted by Crippen LogP contribution is 2.20. The molecule has 0 spiro atoms. The molecule has 0 heterocycles. The van der Waals surface area contributed by atoms with Gasteiger partial charge in [0.05, 0.1) is 18.1 Å². The maximum Gasteiger partial charge on any atom is 0.0683 e. The lowest BCUT2D eigenvalue weighted by molar-refractivity contribution is 0.0906. The van der Waals surface area contributed by atoms with Gasteiger partial charge in [-0.2, -0.15) is 5.26 Å². The van der Waals surface area contributed by atoms with E-state index in [4.69, 9.17) is 15.7 Å². The van der Waals surface area contributed by atoms with Gasteiger partial charge in [0.2, 0.25) is 0 Å². The molecule has 0 amide bonds. The van der Waals surface area contributed by atoms with Crippen molar-refractivity contribution in [3.63, 3.8) is 0 Å². The van der Waals surface area contributed by atoms with Gasteiger partial charge < -0.3 is 10.5 Å². The van der Waals surface area contributed by atoms with E-state index in [2.05, 4.69) is 6.07 Å². The normalized spacial score (nSPS) is 12.6. The Balaban J connectivity index is 3.45. The van der Waals surface area contributed by atoms with Gasteiger partial charge in [0.25, 0.3) is 0 Å². The second kappa shape index (κ2) is 5.33. The Kier molecular flexibility index (Phi) is 5.11. The minimum absolute atomic E-state index is 0.235. The average Bonchev–Trinajstić information content (AvgIpc) is 2.01. The lowest BCUT2D eigenvalue weighted by atomic mass is 9.90. The van der Waals surface area contributed by atoms with Crippen LogP contribution in [-0.2, 0) is 4.74 Å². The molecule has 0 aromatic heterocycles. The molecule has 2 N–H and O–H groups in total. The summed E-state index contributed by atoms with van der Waals surface area (Å²) in [6.45, 7) is 9.02. The molecule has 0 aromatic carbocycles. The van der Waals surface area contributed by atoms with E-state index in [1.807, 2.05) is 27.7 Å². The van der Waals surface area contributed by atoms with Crippen molar-refractivity contribution >= 4 is 0 Å². The molecule has 0 aliphatic heterocycles. The summed E-state index contributed by atoms with van der Waals surface area (Å²) in [6, 6.07) is 2.27. The van der Waals surface area contributed by atoms with E-state index in [1.54, 1.807) is 0 Å². The van der Waals surface area contributed by atoms with Gasteiger partial charge in [0, 0.05) is 12.1 Å². The molecule has 0 saturated carbocycles. The smallest absolute Gasteiger partial charge is 0.0683 e. The zero-order valence-corrected chi connectivity index (χ0v) is 9.76. The molecule has 0 fully saturated rings. The van der Waals surface area contributed by atoms with Crippen LogP contribution in [0.15, 0.2) is 0 Å². The van der Waals surface area contributed by atoms with Crippen LogP contribution in [0.25, 0.3) is 0 Å². The highest BCUT2D eigenvalue weighted by Gasteiger charge is 2.16. The molecule has 0 aliphatic carbocycles. The van der Waals surface area contributed by atoms with Gasteiger partial charge in [-0.3, -0.25) is 0 Å². The summed E-state index contributed by atoms with van der Waals surface area (Å²) >= 11 is 0. The zero-order chi connectivity index (χ0) is 11.2.